The van der Waals surface area contributed by atoms with E-state index in [1.165, 1.54) is 11.1 Å². The maximum absolute atomic E-state index is 13.7. The zero-order chi connectivity index (χ0) is 40.5. The summed E-state index contributed by atoms with van der Waals surface area (Å²) >= 11 is 0. The quantitative estimate of drug-likeness (QED) is 0.109. The SMILES string of the molecule is CCCCC(C(N)=O)n1c2cc3nc(cc4[nH]c(cc5nc(cc1c([PH](O)(OCCC#N)N(C(C)C)C(C)C)c2C)C(CC)=C5C)c(C)c4CC)C(C)=C3C. The van der Waals surface area contributed by atoms with E-state index in [2.05, 4.69) is 110 Å². The van der Waals surface area contributed by atoms with E-state index in [-0.39, 0.29) is 25.1 Å². The number of primary amides is 1. The Kier molecular flexibility index (Phi) is 12.9. The number of rotatable bonds is 14. The molecule has 3 aromatic heterocycles. The first-order valence-corrected chi connectivity index (χ1v) is 21.8. The Hall–Kier alpha value is -4.13. The molecule has 0 fully saturated rings. The number of allylic oxidation sites excluding steroid dienone is 4. The summed E-state index contributed by atoms with van der Waals surface area (Å²) in [7, 11) is -4.13. The molecular formula is C44H62N7O3P. The van der Waals surface area contributed by atoms with Gasteiger partial charge in [-0.3, -0.25) is 0 Å². The Balaban J connectivity index is 2.15. The van der Waals surface area contributed by atoms with Crippen molar-refractivity contribution in [1.29, 1.82) is 5.26 Å². The summed E-state index contributed by atoms with van der Waals surface area (Å²) in [6, 6.07) is 9.63. The van der Waals surface area contributed by atoms with Crippen LogP contribution in [-0.4, -0.2) is 53.7 Å². The number of nitriles is 1. The zero-order valence-electron chi connectivity index (χ0n) is 35.1. The first kappa shape index (κ1) is 42.0. The number of aryl methyl sites for hydroxylation is 3. The fraction of sp³-hybridized carbons (Fsp3) is 0.500. The third-order valence-electron chi connectivity index (χ3n) is 11.5. The molecule has 4 N–H and O–H groups in total. The molecule has 3 aromatic rings. The molecule has 0 aliphatic carbocycles. The van der Waals surface area contributed by atoms with Gasteiger partial charge in [0.2, 0.25) is 0 Å². The van der Waals surface area contributed by atoms with Gasteiger partial charge in [-0.25, -0.2) is 0 Å². The number of nitrogens with one attached hydrogen (secondary N) is 1. The van der Waals surface area contributed by atoms with E-state index in [0.717, 1.165) is 92.9 Å². The van der Waals surface area contributed by atoms with Gasteiger partial charge >= 0.3 is 329 Å². The average Bonchev–Trinajstić information content (AvgIpc) is 3.76. The second-order valence-corrected chi connectivity index (χ2v) is 18.1. The van der Waals surface area contributed by atoms with Crippen LogP contribution in [0.15, 0.2) is 24.3 Å². The molecule has 1 amide bonds. The Morgan fingerprint density at radius 2 is 1.47 bits per heavy atom. The Morgan fingerprint density at radius 1 is 0.891 bits per heavy atom. The molecule has 296 valence electrons. The van der Waals surface area contributed by atoms with Gasteiger partial charge < -0.3 is 0 Å². The summed E-state index contributed by atoms with van der Waals surface area (Å²) in [6.45, 7) is 25.1. The van der Waals surface area contributed by atoms with Crippen LogP contribution in [0.5, 0.6) is 0 Å². The van der Waals surface area contributed by atoms with E-state index < -0.39 is 19.8 Å². The van der Waals surface area contributed by atoms with Crippen LogP contribution in [0.4, 0.5) is 0 Å². The summed E-state index contributed by atoms with van der Waals surface area (Å²) in [5.74, 6) is -0.452. The Morgan fingerprint density at radius 3 is 2.04 bits per heavy atom. The number of amides is 1. The molecule has 1 atom stereocenters. The number of aromatic nitrogens is 4. The fourth-order valence-electron chi connectivity index (χ4n) is 8.66. The van der Waals surface area contributed by atoms with E-state index >= 15 is 0 Å². The number of nitrogens with two attached hydrogens (primary N) is 1. The van der Waals surface area contributed by atoms with E-state index in [0.29, 0.717) is 17.2 Å². The van der Waals surface area contributed by atoms with Crippen LogP contribution >= 0.6 is 7.87 Å². The van der Waals surface area contributed by atoms with Crippen LogP contribution in [0.1, 0.15) is 147 Å². The minimum absolute atomic E-state index is 0.0549. The topological polar surface area (TPSA) is 146 Å². The van der Waals surface area contributed by atoms with E-state index in [1.807, 2.05) is 17.6 Å². The maximum atomic E-state index is 13.7. The van der Waals surface area contributed by atoms with Crippen molar-refractivity contribution in [2.45, 2.75) is 140 Å². The van der Waals surface area contributed by atoms with Crippen LogP contribution in [-0.2, 0) is 15.7 Å². The molecule has 0 aromatic carbocycles. The second kappa shape index (κ2) is 16.9. The van der Waals surface area contributed by atoms with Crippen LogP contribution < -0.4 is 11.0 Å². The number of hydrogen-bond donors (Lipinski definition) is 3. The molecule has 0 saturated heterocycles. The van der Waals surface area contributed by atoms with Crippen molar-refractivity contribution >= 4 is 63.4 Å². The Bertz CT molecular complexity index is 2250. The third-order valence-corrected chi connectivity index (χ3v) is 15.2. The van der Waals surface area contributed by atoms with Crippen LogP contribution in [0.25, 0.3) is 44.4 Å². The number of nitrogens with zero attached hydrogens (tertiary/aromatic N) is 5. The molecule has 2 aliphatic rings. The molecule has 10 nitrogen and oxygen atoms in total. The molecular weight excluding hydrogens is 706 g/mol. The summed E-state index contributed by atoms with van der Waals surface area (Å²) in [5.41, 5.74) is 20.5. The van der Waals surface area contributed by atoms with E-state index in [1.54, 1.807) is 0 Å². The summed E-state index contributed by atoms with van der Waals surface area (Å²) in [5, 5.41) is 10.2. The van der Waals surface area contributed by atoms with Crippen molar-refractivity contribution in [3.8, 4) is 6.07 Å². The van der Waals surface area contributed by atoms with Crippen molar-refractivity contribution in [2.75, 3.05) is 6.61 Å². The molecule has 0 spiro atoms. The van der Waals surface area contributed by atoms with Gasteiger partial charge in [0.05, 0.1) is 0 Å². The summed E-state index contributed by atoms with van der Waals surface area (Å²) in [4.78, 5) is 41.4. The predicted octanol–water partition coefficient (Wildman–Crippen LogP) is 9.64. The number of unbranched alkanes of at least 4 members (excludes halogenated alkanes) is 1. The van der Waals surface area contributed by atoms with Crippen LogP contribution in [0.3, 0.4) is 0 Å². The van der Waals surface area contributed by atoms with Gasteiger partial charge in [0.15, 0.2) is 0 Å². The molecule has 55 heavy (non-hydrogen) atoms. The number of fused-ring (bicyclic) bond motifs is 8. The van der Waals surface area contributed by atoms with Crippen molar-refractivity contribution in [3.63, 3.8) is 0 Å². The first-order chi connectivity index (χ1) is 26.1. The number of carbonyl (C=O) groups excluding carboxylic acids is 1. The first-order valence-electron chi connectivity index (χ1n) is 20.0. The van der Waals surface area contributed by atoms with Gasteiger partial charge in [0.1, 0.15) is 0 Å². The zero-order valence-corrected chi connectivity index (χ0v) is 36.1. The number of aromatic amines is 1. The van der Waals surface area contributed by atoms with E-state index in [9.17, 15) is 14.9 Å². The summed E-state index contributed by atoms with van der Waals surface area (Å²) < 4.78 is 10.8. The van der Waals surface area contributed by atoms with Crippen molar-refractivity contribution < 1.29 is 14.2 Å². The van der Waals surface area contributed by atoms with E-state index in [4.69, 9.17) is 20.2 Å². The normalized spacial score (nSPS) is 14.5. The molecule has 5 rings (SSSR count). The third kappa shape index (κ3) is 7.69. The van der Waals surface area contributed by atoms with Gasteiger partial charge in [-0.05, 0) is 0 Å². The molecule has 2 aliphatic heterocycles. The van der Waals surface area contributed by atoms with Crippen molar-refractivity contribution in [3.05, 3.63) is 63.7 Å². The van der Waals surface area contributed by atoms with Crippen LogP contribution in [0, 0.1) is 25.2 Å². The molecule has 1 unspecified atom stereocenters. The monoisotopic (exact) mass is 767 g/mol. The van der Waals surface area contributed by atoms with Gasteiger partial charge in [0, 0.05) is 0 Å². The molecule has 8 bridgehead atoms. The predicted molar refractivity (Wildman–Crippen MR) is 231 cm³/mol. The van der Waals surface area contributed by atoms with Gasteiger partial charge in [0.25, 0.3) is 0 Å². The fourth-order valence-corrected chi connectivity index (χ4v) is 12.1. The second-order valence-electron chi connectivity index (χ2n) is 15.6. The molecule has 0 saturated carbocycles. The van der Waals surface area contributed by atoms with Gasteiger partial charge in [-0.15, -0.1) is 0 Å². The number of hydrogen-bond acceptors (Lipinski definition) is 7. The average molecular weight is 768 g/mol. The summed E-state index contributed by atoms with van der Waals surface area (Å²) in [6.07, 6.45) is 3.88. The molecule has 11 heteroatoms. The minimum atomic E-state index is -4.13. The van der Waals surface area contributed by atoms with Gasteiger partial charge in [-0.2, -0.15) is 0 Å². The number of carbonyl (C=O) groups is 1. The standard InChI is InChI=1S/C44H62N7O3P/c1-13-16-18-40(44(46)52)50-41-23-37-28(9)27(8)34(47-37)22-38-32(14-2)29(10)35(48-38)21-36-30(11)33(15-3)39(49-36)24-42(50)43(31(41)12)55(53,54-20-17-19-45)51(25(4)5)26(6)7/h21-26,40,48,53,55H,13-18,20H2,1-12H3,(H2,46,52). The number of H-pyrrole nitrogens is 1. The molecule has 0 radical (unpaired) electrons. The van der Waals surface area contributed by atoms with Crippen molar-refractivity contribution in [2.24, 2.45) is 5.73 Å². The molecule has 5 heterocycles. The van der Waals surface area contributed by atoms with Crippen LogP contribution in [0.2, 0.25) is 0 Å². The Labute approximate surface area is 328 Å². The van der Waals surface area contributed by atoms with Crippen molar-refractivity contribution in [1.82, 2.24) is 24.2 Å². The van der Waals surface area contributed by atoms with Gasteiger partial charge in [-0.1, -0.05) is 0 Å².